The van der Waals surface area contributed by atoms with Crippen molar-refractivity contribution in [2.24, 2.45) is 0 Å². The Bertz CT molecular complexity index is 406. The standard InChI is InChI=1S/C14H22N2OS/c1-9(2)15-7-12-13(10-3-4-10)16-14(18-12)11-5-6-17-8-11/h9-11,15H,3-8H2,1-2H3. The lowest BCUT2D eigenvalue weighted by atomic mass is 10.1. The van der Waals surface area contributed by atoms with Gasteiger partial charge in [0.1, 0.15) is 0 Å². The average Bonchev–Trinajstić information content (AvgIpc) is 2.91. The normalized spacial score (nSPS) is 24.1. The fourth-order valence-corrected chi connectivity index (χ4v) is 3.61. The summed E-state index contributed by atoms with van der Waals surface area (Å²) in [4.78, 5) is 6.40. The molecule has 1 aromatic rings. The molecule has 4 heteroatoms. The largest absolute Gasteiger partial charge is 0.381 e. The molecule has 2 fully saturated rings. The van der Waals surface area contributed by atoms with Crippen LogP contribution in [0.25, 0.3) is 0 Å². The SMILES string of the molecule is CC(C)NCc1sc(C2CCOC2)nc1C1CC1. The molecule has 18 heavy (non-hydrogen) atoms. The van der Waals surface area contributed by atoms with E-state index in [-0.39, 0.29) is 0 Å². The van der Waals surface area contributed by atoms with Crippen LogP contribution in [-0.4, -0.2) is 24.2 Å². The van der Waals surface area contributed by atoms with E-state index in [0.29, 0.717) is 12.0 Å². The molecule has 1 saturated carbocycles. The zero-order chi connectivity index (χ0) is 12.5. The van der Waals surface area contributed by atoms with Crippen molar-refractivity contribution in [3.63, 3.8) is 0 Å². The van der Waals surface area contributed by atoms with Crippen LogP contribution in [0, 0.1) is 0 Å². The summed E-state index contributed by atoms with van der Waals surface area (Å²) in [5.74, 6) is 1.31. The van der Waals surface area contributed by atoms with Gasteiger partial charge in [0.2, 0.25) is 0 Å². The molecule has 0 bridgehead atoms. The molecule has 0 spiro atoms. The third-order valence-electron chi connectivity index (χ3n) is 3.66. The molecule has 3 rings (SSSR count). The Morgan fingerprint density at radius 2 is 2.17 bits per heavy atom. The van der Waals surface area contributed by atoms with Crippen molar-refractivity contribution in [2.45, 2.75) is 57.5 Å². The molecule has 1 N–H and O–H groups in total. The van der Waals surface area contributed by atoms with Gasteiger partial charge in [0.05, 0.1) is 17.3 Å². The van der Waals surface area contributed by atoms with E-state index in [0.717, 1.165) is 32.1 Å². The van der Waals surface area contributed by atoms with Gasteiger partial charge in [-0.25, -0.2) is 4.98 Å². The van der Waals surface area contributed by atoms with Gasteiger partial charge >= 0.3 is 0 Å². The van der Waals surface area contributed by atoms with Gasteiger partial charge < -0.3 is 10.1 Å². The first-order valence-corrected chi connectivity index (χ1v) is 7.86. The predicted molar refractivity (Wildman–Crippen MR) is 74.2 cm³/mol. The Morgan fingerprint density at radius 1 is 1.33 bits per heavy atom. The number of ether oxygens (including phenoxy) is 1. The lowest BCUT2D eigenvalue weighted by Crippen LogP contribution is -2.21. The Morgan fingerprint density at radius 3 is 2.78 bits per heavy atom. The van der Waals surface area contributed by atoms with Crippen LogP contribution in [-0.2, 0) is 11.3 Å². The molecule has 1 saturated heterocycles. The van der Waals surface area contributed by atoms with Crippen molar-refractivity contribution in [2.75, 3.05) is 13.2 Å². The van der Waals surface area contributed by atoms with Crippen LogP contribution in [0.15, 0.2) is 0 Å². The number of rotatable bonds is 5. The minimum absolute atomic E-state index is 0.539. The summed E-state index contributed by atoms with van der Waals surface area (Å²) in [5, 5.41) is 4.84. The molecule has 3 nitrogen and oxygen atoms in total. The summed E-state index contributed by atoms with van der Waals surface area (Å²) in [6.45, 7) is 7.15. The van der Waals surface area contributed by atoms with Crippen molar-refractivity contribution >= 4 is 11.3 Å². The molecule has 0 amide bonds. The first-order chi connectivity index (χ1) is 8.74. The molecular weight excluding hydrogens is 244 g/mol. The third-order valence-corrected chi connectivity index (χ3v) is 4.89. The summed E-state index contributed by atoms with van der Waals surface area (Å²) in [5.41, 5.74) is 1.38. The van der Waals surface area contributed by atoms with Crippen molar-refractivity contribution in [1.29, 1.82) is 0 Å². The van der Waals surface area contributed by atoms with E-state index >= 15 is 0 Å². The molecule has 100 valence electrons. The van der Waals surface area contributed by atoms with E-state index in [1.807, 2.05) is 11.3 Å². The molecule has 1 aliphatic heterocycles. The van der Waals surface area contributed by atoms with Gasteiger partial charge in [0, 0.05) is 35.9 Å². The molecule has 1 unspecified atom stereocenters. The number of nitrogens with zero attached hydrogens (tertiary/aromatic N) is 1. The van der Waals surface area contributed by atoms with Gasteiger partial charge in [0.15, 0.2) is 0 Å². The topological polar surface area (TPSA) is 34.1 Å². The average molecular weight is 266 g/mol. The lowest BCUT2D eigenvalue weighted by molar-refractivity contribution is 0.194. The van der Waals surface area contributed by atoms with Gasteiger partial charge in [-0.1, -0.05) is 13.8 Å². The highest BCUT2D eigenvalue weighted by molar-refractivity contribution is 7.11. The highest BCUT2D eigenvalue weighted by Gasteiger charge is 2.31. The molecule has 1 aliphatic carbocycles. The second kappa shape index (κ2) is 5.27. The number of thiazole rings is 1. The highest BCUT2D eigenvalue weighted by atomic mass is 32.1. The summed E-state index contributed by atoms with van der Waals surface area (Å²) < 4.78 is 5.49. The molecule has 2 heterocycles. The van der Waals surface area contributed by atoms with Gasteiger partial charge in [-0.05, 0) is 19.3 Å². The summed E-state index contributed by atoms with van der Waals surface area (Å²) >= 11 is 1.91. The van der Waals surface area contributed by atoms with Crippen molar-refractivity contribution in [3.05, 3.63) is 15.6 Å². The van der Waals surface area contributed by atoms with Crippen LogP contribution < -0.4 is 5.32 Å². The van der Waals surface area contributed by atoms with Crippen molar-refractivity contribution in [3.8, 4) is 0 Å². The van der Waals surface area contributed by atoms with Crippen LogP contribution in [0.2, 0.25) is 0 Å². The van der Waals surface area contributed by atoms with Gasteiger partial charge in [0.25, 0.3) is 0 Å². The Kier molecular flexibility index (Phi) is 3.68. The monoisotopic (exact) mass is 266 g/mol. The van der Waals surface area contributed by atoms with Crippen LogP contribution in [0.5, 0.6) is 0 Å². The highest BCUT2D eigenvalue weighted by Crippen LogP contribution is 2.44. The van der Waals surface area contributed by atoms with E-state index in [1.54, 1.807) is 0 Å². The maximum Gasteiger partial charge on any atom is 0.0986 e. The Balaban J connectivity index is 1.77. The smallest absolute Gasteiger partial charge is 0.0986 e. The van der Waals surface area contributed by atoms with E-state index in [9.17, 15) is 0 Å². The second-order valence-electron chi connectivity index (χ2n) is 5.73. The van der Waals surface area contributed by atoms with Crippen molar-refractivity contribution in [1.82, 2.24) is 10.3 Å². The van der Waals surface area contributed by atoms with Crippen LogP contribution in [0.1, 0.15) is 60.5 Å². The zero-order valence-corrected chi connectivity index (χ0v) is 12.1. The minimum Gasteiger partial charge on any atom is -0.381 e. The molecule has 1 atom stereocenters. The molecule has 2 aliphatic rings. The van der Waals surface area contributed by atoms with E-state index in [1.165, 1.54) is 28.4 Å². The fourth-order valence-electron chi connectivity index (χ4n) is 2.39. The van der Waals surface area contributed by atoms with Gasteiger partial charge in [-0.2, -0.15) is 0 Å². The summed E-state index contributed by atoms with van der Waals surface area (Å²) in [6, 6.07) is 0.539. The number of nitrogens with one attached hydrogen (secondary N) is 1. The first kappa shape index (κ1) is 12.6. The lowest BCUT2D eigenvalue weighted by Gasteiger charge is -2.07. The maximum atomic E-state index is 5.49. The number of hydrogen-bond donors (Lipinski definition) is 1. The van der Waals surface area contributed by atoms with Gasteiger partial charge in [-0.15, -0.1) is 11.3 Å². The molecule has 0 aromatic carbocycles. The summed E-state index contributed by atoms with van der Waals surface area (Å²) in [6.07, 6.45) is 3.81. The number of hydrogen-bond acceptors (Lipinski definition) is 4. The molecule has 0 radical (unpaired) electrons. The van der Waals surface area contributed by atoms with Gasteiger partial charge in [-0.3, -0.25) is 0 Å². The summed E-state index contributed by atoms with van der Waals surface area (Å²) in [7, 11) is 0. The minimum atomic E-state index is 0.539. The molecular formula is C14H22N2OS. The maximum absolute atomic E-state index is 5.49. The van der Waals surface area contributed by atoms with Crippen LogP contribution in [0.3, 0.4) is 0 Å². The zero-order valence-electron chi connectivity index (χ0n) is 11.2. The van der Waals surface area contributed by atoms with E-state index in [2.05, 4.69) is 19.2 Å². The van der Waals surface area contributed by atoms with Crippen molar-refractivity contribution < 1.29 is 4.74 Å². The first-order valence-electron chi connectivity index (χ1n) is 7.04. The quantitative estimate of drug-likeness (QED) is 0.889. The van der Waals surface area contributed by atoms with E-state index in [4.69, 9.17) is 9.72 Å². The van der Waals surface area contributed by atoms with E-state index < -0.39 is 0 Å². The predicted octanol–water partition coefficient (Wildman–Crippen LogP) is 3.02. The Hall–Kier alpha value is -0.450. The third kappa shape index (κ3) is 2.76. The molecule has 1 aromatic heterocycles. The number of aromatic nitrogens is 1. The fraction of sp³-hybridized carbons (Fsp3) is 0.786. The van der Waals surface area contributed by atoms with Crippen LogP contribution >= 0.6 is 11.3 Å². The second-order valence-corrected chi connectivity index (χ2v) is 6.85. The van der Waals surface area contributed by atoms with Crippen LogP contribution in [0.4, 0.5) is 0 Å². The Labute approximate surface area is 113 Å².